The van der Waals surface area contributed by atoms with Crippen LogP contribution in [0.25, 0.3) is 11.1 Å². The molecule has 0 amide bonds. The van der Waals surface area contributed by atoms with Crippen molar-refractivity contribution >= 4 is 16.5 Å². The number of sulfonamides is 1. The quantitative estimate of drug-likeness (QED) is 0.643. The van der Waals surface area contributed by atoms with E-state index >= 15 is 0 Å². The topological polar surface area (TPSA) is 107 Å². The smallest absolute Gasteiger partial charge is 0.290 e. The summed E-state index contributed by atoms with van der Waals surface area (Å²) in [6.45, 7) is 2.32. The van der Waals surface area contributed by atoms with Gasteiger partial charge in [0.1, 0.15) is 11.6 Å². The number of aromatic hydroxyl groups is 1. The van der Waals surface area contributed by atoms with Crippen LogP contribution in [0.2, 0.25) is 0 Å². The van der Waals surface area contributed by atoms with Crippen LogP contribution in [0.1, 0.15) is 5.56 Å². The molecule has 0 aromatic heterocycles. The molecule has 0 aliphatic heterocycles. The third kappa shape index (κ3) is 6.63. The molecule has 0 unspecified atom stereocenters. The minimum Gasteiger partial charge on any atom is -0.508 e. The van der Waals surface area contributed by atoms with E-state index in [1.807, 2.05) is 19.0 Å². The van der Waals surface area contributed by atoms with E-state index in [0.29, 0.717) is 29.8 Å². The molecule has 0 radical (unpaired) electrons. The summed E-state index contributed by atoms with van der Waals surface area (Å²) in [6, 6.07) is 8.57. The van der Waals surface area contributed by atoms with Gasteiger partial charge in [-0.05, 0) is 50.3 Å². The lowest BCUT2D eigenvalue weighted by molar-refractivity contribution is -0.122. The number of halogens is 1. The number of hydrogen-bond acceptors (Lipinski definition) is 5. The van der Waals surface area contributed by atoms with Crippen molar-refractivity contribution in [2.45, 2.75) is 11.8 Å². The van der Waals surface area contributed by atoms with Gasteiger partial charge in [0.2, 0.25) is 10.0 Å². The van der Waals surface area contributed by atoms with Gasteiger partial charge in [-0.2, -0.15) is 0 Å². The summed E-state index contributed by atoms with van der Waals surface area (Å²) in [7, 11) is 0.127. The van der Waals surface area contributed by atoms with Gasteiger partial charge in [-0.3, -0.25) is 4.79 Å². The van der Waals surface area contributed by atoms with E-state index in [1.165, 1.54) is 18.2 Å². The molecule has 0 aliphatic rings. The molecular formula is C18H23FN2O5S. The van der Waals surface area contributed by atoms with Crippen molar-refractivity contribution < 1.29 is 27.8 Å². The van der Waals surface area contributed by atoms with E-state index in [9.17, 15) is 17.9 Å². The van der Waals surface area contributed by atoms with Crippen LogP contribution in [-0.2, 0) is 14.8 Å². The monoisotopic (exact) mass is 398 g/mol. The van der Waals surface area contributed by atoms with E-state index in [-0.39, 0.29) is 17.1 Å². The number of phenols is 1. The highest BCUT2D eigenvalue weighted by Gasteiger charge is 2.15. The fourth-order valence-corrected chi connectivity index (χ4v) is 3.21. The molecule has 27 heavy (non-hydrogen) atoms. The standard InChI is InChI=1S/C17H21FN2O3S.CH2O2/c1-12-10-15(16(18)11-17(12)21)13-4-6-14(7-5-13)24(22,23)19-8-9-20(2)3;2-1-3/h4-7,10-11,19,21H,8-9H2,1-3H3;1H,(H,2,3). The molecule has 0 fully saturated rings. The van der Waals surface area contributed by atoms with Crippen molar-refractivity contribution in [2.75, 3.05) is 27.2 Å². The summed E-state index contributed by atoms with van der Waals surface area (Å²) in [6.07, 6.45) is 0. The second kappa shape index (κ2) is 10.0. The molecule has 9 heteroatoms. The molecule has 148 valence electrons. The van der Waals surface area contributed by atoms with E-state index in [2.05, 4.69) is 4.72 Å². The van der Waals surface area contributed by atoms with E-state index in [0.717, 1.165) is 6.07 Å². The van der Waals surface area contributed by atoms with Crippen LogP contribution < -0.4 is 4.72 Å². The summed E-state index contributed by atoms with van der Waals surface area (Å²) >= 11 is 0. The van der Waals surface area contributed by atoms with Crippen molar-refractivity contribution in [1.29, 1.82) is 0 Å². The van der Waals surface area contributed by atoms with Gasteiger partial charge in [-0.1, -0.05) is 12.1 Å². The van der Waals surface area contributed by atoms with Gasteiger partial charge in [-0.15, -0.1) is 0 Å². The predicted octanol–water partition coefficient (Wildman–Crippen LogP) is 2.05. The lowest BCUT2D eigenvalue weighted by Gasteiger charge is -2.11. The fraction of sp³-hybridized carbons (Fsp3) is 0.278. The van der Waals surface area contributed by atoms with Gasteiger partial charge >= 0.3 is 0 Å². The number of carboxylic acid groups (broad SMARTS) is 1. The number of aryl methyl sites for hydroxylation is 1. The summed E-state index contributed by atoms with van der Waals surface area (Å²) in [5, 5.41) is 16.4. The van der Waals surface area contributed by atoms with Crippen LogP contribution in [0.15, 0.2) is 41.3 Å². The molecule has 0 heterocycles. The maximum Gasteiger partial charge on any atom is 0.290 e. The van der Waals surface area contributed by atoms with Gasteiger partial charge in [-0.25, -0.2) is 17.5 Å². The molecule has 0 atom stereocenters. The van der Waals surface area contributed by atoms with Crippen molar-refractivity contribution in [2.24, 2.45) is 0 Å². The van der Waals surface area contributed by atoms with Gasteiger partial charge in [0, 0.05) is 24.7 Å². The molecule has 0 spiro atoms. The number of nitrogens with one attached hydrogen (secondary N) is 1. The lowest BCUT2D eigenvalue weighted by Crippen LogP contribution is -2.31. The molecule has 0 saturated carbocycles. The molecule has 2 aromatic rings. The van der Waals surface area contributed by atoms with Gasteiger partial charge in [0.05, 0.1) is 4.90 Å². The van der Waals surface area contributed by atoms with E-state index < -0.39 is 15.8 Å². The van der Waals surface area contributed by atoms with E-state index in [4.69, 9.17) is 9.90 Å². The van der Waals surface area contributed by atoms with Crippen LogP contribution in [-0.4, -0.2) is 57.2 Å². The average Bonchev–Trinajstić information content (AvgIpc) is 2.58. The molecule has 0 bridgehead atoms. The molecule has 7 nitrogen and oxygen atoms in total. The third-order valence-electron chi connectivity index (χ3n) is 3.61. The van der Waals surface area contributed by atoms with Crippen molar-refractivity contribution in [3.05, 3.63) is 47.8 Å². The first kappa shape index (κ1) is 22.6. The summed E-state index contributed by atoms with van der Waals surface area (Å²) in [4.78, 5) is 10.4. The second-order valence-electron chi connectivity index (χ2n) is 5.95. The Morgan fingerprint density at radius 2 is 1.74 bits per heavy atom. The zero-order valence-electron chi connectivity index (χ0n) is 15.3. The Hall–Kier alpha value is -2.49. The largest absolute Gasteiger partial charge is 0.508 e. The highest BCUT2D eigenvalue weighted by Crippen LogP contribution is 2.29. The minimum absolute atomic E-state index is 0.111. The number of carbonyl (C=O) groups is 1. The fourth-order valence-electron chi connectivity index (χ4n) is 2.19. The van der Waals surface area contributed by atoms with Gasteiger partial charge < -0.3 is 15.1 Å². The Bertz CT molecular complexity index is 868. The summed E-state index contributed by atoms with van der Waals surface area (Å²) in [5.74, 6) is -0.668. The Morgan fingerprint density at radius 1 is 1.19 bits per heavy atom. The van der Waals surface area contributed by atoms with Crippen molar-refractivity contribution in [3.63, 3.8) is 0 Å². The first-order chi connectivity index (χ1) is 12.6. The predicted molar refractivity (Wildman–Crippen MR) is 101 cm³/mol. The SMILES string of the molecule is Cc1cc(-c2ccc(S(=O)(=O)NCCN(C)C)cc2)c(F)cc1O.O=CO. The maximum atomic E-state index is 14.0. The first-order valence-corrected chi connectivity index (χ1v) is 9.42. The normalized spacial score (nSPS) is 11.0. The van der Waals surface area contributed by atoms with Gasteiger partial charge in [0.25, 0.3) is 6.47 Å². The molecule has 2 rings (SSSR count). The third-order valence-corrected chi connectivity index (χ3v) is 5.09. The van der Waals surface area contributed by atoms with Crippen molar-refractivity contribution in [1.82, 2.24) is 9.62 Å². The van der Waals surface area contributed by atoms with Crippen LogP contribution in [0.5, 0.6) is 5.75 Å². The average molecular weight is 398 g/mol. The van der Waals surface area contributed by atoms with Crippen LogP contribution in [0, 0.1) is 12.7 Å². The number of hydrogen-bond donors (Lipinski definition) is 3. The Kier molecular flexibility index (Phi) is 8.35. The number of nitrogens with zero attached hydrogens (tertiary/aromatic N) is 1. The zero-order chi connectivity index (χ0) is 20.6. The molecule has 0 aliphatic carbocycles. The lowest BCUT2D eigenvalue weighted by atomic mass is 10.0. The van der Waals surface area contributed by atoms with Crippen LogP contribution in [0.3, 0.4) is 0 Å². The van der Waals surface area contributed by atoms with Crippen molar-refractivity contribution in [3.8, 4) is 16.9 Å². The summed E-state index contributed by atoms with van der Waals surface area (Å²) < 4.78 is 40.9. The van der Waals surface area contributed by atoms with Gasteiger partial charge in [0.15, 0.2) is 0 Å². The highest BCUT2D eigenvalue weighted by atomic mass is 32.2. The highest BCUT2D eigenvalue weighted by molar-refractivity contribution is 7.89. The first-order valence-electron chi connectivity index (χ1n) is 7.94. The number of benzene rings is 2. The Labute approximate surface area is 158 Å². The number of phenolic OH excluding ortho intramolecular Hbond substituents is 1. The minimum atomic E-state index is -3.59. The Morgan fingerprint density at radius 3 is 2.26 bits per heavy atom. The number of likely N-dealkylation sites (N-methyl/N-ethyl adjacent to an activating group) is 1. The zero-order valence-corrected chi connectivity index (χ0v) is 16.1. The Balaban J connectivity index is 0.00000114. The summed E-state index contributed by atoms with van der Waals surface area (Å²) in [5.41, 5.74) is 1.41. The molecule has 0 saturated heterocycles. The second-order valence-corrected chi connectivity index (χ2v) is 7.72. The molecular weight excluding hydrogens is 375 g/mol. The van der Waals surface area contributed by atoms with E-state index in [1.54, 1.807) is 19.1 Å². The molecule has 3 N–H and O–H groups in total. The molecule has 2 aromatic carbocycles. The van der Waals surface area contributed by atoms with Crippen LogP contribution >= 0.6 is 0 Å². The van der Waals surface area contributed by atoms with Crippen LogP contribution in [0.4, 0.5) is 4.39 Å². The maximum absolute atomic E-state index is 14.0. The number of rotatable bonds is 6.